The van der Waals surface area contributed by atoms with Crippen LogP contribution in [0.2, 0.25) is 0 Å². The van der Waals surface area contributed by atoms with E-state index < -0.39 is 11.8 Å². The van der Waals surface area contributed by atoms with Crippen LogP contribution in [0.25, 0.3) is 0 Å². The van der Waals surface area contributed by atoms with Gasteiger partial charge in [-0.25, -0.2) is 4.39 Å². The molecule has 0 saturated carbocycles. The number of hydrogen-bond acceptors (Lipinski definition) is 2. The quantitative estimate of drug-likeness (QED) is 0.608. The van der Waals surface area contributed by atoms with Gasteiger partial charge in [0.25, 0.3) is 0 Å². The second-order valence-electron chi connectivity index (χ2n) is 2.87. The van der Waals surface area contributed by atoms with Crippen LogP contribution in [0.4, 0.5) is 4.39 Å². The average Bonchev–Trinajstić information content (AvgIpc) is 2.18. The molecule has 0 atom stereocenters. The second-order valence-corrected chi connectivity index (χ2v) is 2.87. The standard InChI is InChI=1S/C11H9FO3/c12-9-6-4-8(5-7-9)10(13)2-1-3-11(14)15/h1-2,4-7H,3H2,(H,14,15). The summed E-state index contributed by atoms with van der Waals surface area (Å²) in [5, 5.41) is 8.32. The molecule has 0 aliphatic carbocycles. The van der Waals surface area contributed by atoms with Gasteiger partial charge in [0.05, 0.1) is 6.42 Å². The molecule has 15 heavy (non-hydrogen) atoms. The summed E-state index contributed by atoms with van der Waals surface area (Å²) in [5.41, 5.74) is 0.332. The van der Waals surface area contributed by atoms with Gasteiger partial charge in [-0.05, 0) is 30.3 Å². The van der Waals surface area contributed by atoms with Gasteiger partial charge in [0, 0.05) is 5.56 Å². The zero-order valence-corrected chi connectivity index (χ0v) is 7.81. The van der Waals surface area contributed by atoms with Gasteiger partial charge < -0.3 is 5.11 Å². The Morgan fingerprint density at radius 3 is 2.40 bits per heavy atom. The Balaban J connectivity index is 2.65. The van der Waals surface area contributed by atoms with Crippen molar-refractivity contribution in [2.45, 2.75) is 6.42 Å². The summed E-state index contributed by atoms with van der Waals surface area (Å²) in [4.78, 5) is 21.5. The van der Waals surface area contributed by atoms with E-state index in [0.717, 1.165) is 0 Å². The van der Waals surface area contributed by atoms with E-state index in [1.54, 1.807) is 0 Å². The third kappa shape index (κ3) is 3.72. The highest BCUT2D eigenvalue weighted by atomic mass is 19.1. The monoisotopic (exact) mass is 208 g/mol. The molecule has 0 radical (unpaired) electrons. The molecule has 1 N–H and O–H groups in total. The van der Waals surface area contributed by atoms with Crippen LogP contribution in [0.5, 0.6) is 0 Å². The fourth-order valence-corrected chi connectivity index (χ4v) is 0.977. The highest BCUT2D eigenvalue weighted by Crippen LogP contribution is 2.04. The van der Waals surface area contributed by atoms with Crippen molar-refractivity contribution in [3.63, 3.8) is 0 Å². The van der Waals surface area contributed by atoms with Crippen molar-refractivity contribution in [3.05, 3.63) is 47.8 Å². The van der Waals surface area contributed by atoms with Crippen LogP contribution in [-0.4, -0.2) is 16.9 Å². The number of rotatable bonds is 4. The van der Waals surface area contributed by atoms with E-state index in [1.807, 2.05) is 0 Å². The highest BCUT2D eigenvalue weighted by Gasteiger charge is 2.01. The smallest absolute Gasteiger partial charge is 0.307 e. The first-order chi connectivity index (χ1) is 7.09. The Labute approximate surface area is 85.8 Å². The van der Waals surface area contributed by atoms with E-state index in [-0.39, 0.29) is 12.2 Å². The third-order valence-electron chi connectivity index (χ3n) is 1.69. The summed E-state index contributed by atoms with van der Waals surface area (Å²) in [6, 6.07) is 5.06. The van der Waals surface area contributed by atoms with Crippen LogP contribution in [0, 0.1) is 5.82 Å². The number of carboxylic acid groups (broad SMARTS) is 1. The number of ketones is 1. The largest absolute Gasteiger partial charge is 0.481 e. The summed E-state index contributed by atoms with van der Waals surface area (Å²) >= 11 is 0. The molecule has 78 valence electrons. The molecule has 0 aliphatic rings. The minimum atomic E-state index is -1.00. The molecule has 0 fully saturated rings. The number of carbonyl (C=O) groups excluding carboxylic acids is 1. The maximum absolute atomic E-state index is 12.5. The Bertz CT molecular complexity index is 393. The Hall–Kier alpha value is -1.97. The number of carboxylic acids is 1. The van der Waals surface area contributed by atoms with Crippen LogP contribution < -0.4 is 0 Å². The summed E-state index contributed by atoms with van der Waals surface area (Å²) in [7, 11) is 0. The van der Waals surface area contributed by atoms with Crippen LogP contribution in [0.15, 0.2) is 36.4 Å². The van der Waals surface area contributed by atoms with Gasteiger partial charge in [-0.3, -0.25) is 9.59 Å². The van der Waals surface area contributed by atoms with Gasteiger partial charge in [-0.15, -0.1) is 0 Å². The molecule has 1 aromatic carbocycles. The maximum Gasteiger partial charge on any atom is 0.307 e. The molecule has 0 spiro atoms. The van der Waals surface area contributed by atoms with Crippen LogP contribution in [0.1, 0.15) is 16.8 Å². The van der Waals surface area contributed by atoms with E-state index >= 15 is 0 Å². The zero-order valence-electron chi connectivity index (χ0n) is 7.81. The van der Waals surface area contributed by atoms with Gasteiger partial charge in [0.15, 0.2) is 5.78 Å². The first-order valence-corrected chi connectivity index (χ1v) is 4.28. The van der Waals surface area contributed by atoms with Gasteiger partial charge in [0.2, 0.25) is 0 Å². The lowest BCUT2D eigenvalue weighted by molar-refractivity contribution is -0.135. The average molecular weight is 208 g/mol. The summed E-state index contributed by atoms with van der Waals surface area (Å²) in [6.45, 7) is 0. The molecule has 0 aliphatic heterocycles. The number of aliphatic carboxylic acids is 1. The molecule has 3 nitrogen and oxygen atoms in total. The van der Waals surface area contributed by atoms with E-state index in [4.69, 9.17) is 5.11 Å². The number of hydrogen-bond donors (Lipinski definition) is 1. The van der Waals surface area contributed by atoms with E-state index in [0.29, 0.717) is 5.56 Å². The Kier molecular flexibility index (Phi) is 3.74. The molecule has 1 aromatic rings. The first kappa shape index (κ1) is 11.1. The molecule has 0 heterocycles. The van der Waals surface area contributed by atoms with Gasteiger partial charge >= 0.3 is 5.97 Å². The molecule has 0 bridgehead atoms. The molecular formula is C11H9FO3. The third-order valence-corrected chi connectivity index (χ3v) is 1.69. The summed E-state index contributed by atoms with van der Waals surface area (Å²) in [6.07, 6.45) is 2.22. The molecule has 0 unspecified atom stereocenters. The molecule has 1 rings (SSSR count). The van der Waals surface area contributed by atoms with Gasteiger partial charge in [-0.2, -0.15) is 0 Å². The van der Waals surface area contributed by atoms with Crippen molar-refractivity contribution in [1.82, 2.24) is 0 Å². The van der Waals surface area contributed by atoms with Crippen molar-refractivity contribution in [3.8, 4) is 0 Å². The van der Waals surface area contributed by atoms with Gasteiger partial charge in [-0.1, -0.05) is 6.08 Å². The summed E-state index contributed by atoms with van der Waals surface area (Å²) in [5.74, 6) is -1.75. The zero-order chi connectivity index (χ0) is 11.3. The topological polar surface area (TPSA) is 54.4 Å². The van der Waals surface area contributed by atoms with E-state index in [2.05, 4.69) is 0 Å². The Morgan fingerprint density at radius 1 is 1.27 bits per heavy atom. The number of benzene rings is 1. The second kappa shape index (κ2) is 5.05. The molecule has 0 amide bonds. The van der Waals surface area contributed by atoms with Crippen molar-refractivity contribution >= 4 is 11.8 Å². The fourth-order valence-electron chi connectivity index (χ4n) is 0.977. The fraction of sp³-hybridized carbons (Fsp3) is 0.0909. The Morgan fingerprint density at radius 2 is 1.87 bits per heavy atom. The molecule has 0 saturated heterocycles. The predicted octanol–water partition coefficient (Wildman–Crippen LogP) is 2.04. The number of allylic oxidation sites excluding steroid dienone is 1. The summed E-state index contributed by atoms with van der Waals surface area (Å²) < 4.78 is 12.5. The van der Waals surface area contributed by atoms with Crippen molar-refractivity contribution in [2.75, 3.05) is 0 Å². The van der Waals surface area contributed by atoms with Crippen molar-refractivity contribution in [1.29, 1.82) is 0 Å². The first-order valence-electron chi connectivity index (χ1n) is 4.28. The van der Waals surface area contributed by atoms with Gasteiger partial charge in [0.1, 0.15) is 5.82 Å². The highest BCUT2D eigenvalue weighted by molar-refractivity contribution is 6.04. The maximum atomic E-state index is 12.5. The van der Waals surface area contributed by atoms with Crippen molar-refractivity contribution in [2.24, 2.45) is 0 Å². The van der Waals surface area contributed by atoms with Crippen LogP contribution >= 0.6 is 0 Å². The van der Waals surface area contributed by atoms with E-state index in [1.165, 1.54) is 36.4 Å². The SMILES string of the molecule is O=C(O)CC=CC(=O)c1ccc(F)cc1. The minimum Gasteiger partial charge on any atom is -0.481 e. The number of halogens is 1. The minimum absolute atomic E-state index is 0.201. The molecular weight excluding hydrogens is 199 g/mol. The van der Waals surface area contributed by atoms with Crippen LogP contribution in [-0.2, 0) is 4.79 Å². The van der Waals surface area contributed by atoms with E-state index in [9.17, 15) is 14.0 Å². The van der Waals surface area contributed by atoms with Crippen molar-refractivity contribution < 1.29 is 19.1 Å². The predicted molar refractivity (Wildman–Crippen MR) is 52.1 cm³/mol. The number of carbonyl (C=O) groups is 2. The lowest BCUT2D eigenvalue weighted by Gasteiger charge is -1.94. The normalized spacial score (nSPS) is 10.5. The van der Waals surface area contributed by atoms with Crippen LogP contribution in [0.3, 0.4) is 0 Å². The molecule has 4 heteroatoms. The molecule has 0 aromatic heterocycles. The lowest BCUT2D eigenvalue weighted by Crippen LogP contribution is -1.95. The lowest BCUT2D eigenvalue weighted by atomic mass is 10.1.